The van der Waals surface area contributed by atoms with E-state index in [9.17, 15) is 5.11 Å². The van der Waals surface area contributed by atoms with Gasteiger partial charge in [0.25, 0.3) is 0 Å². The molecule has 0 aliphatic rings. The minimum atomic E-state index is -0.696. The van der Waals surface area contributed by atoms with E-state index in [1.807, 2.05) is 6.92 Å². The smallest absolute Gasteiger partial charge is 0.0741 e. The zero-order chi connectivity index (χ0) is 9.78. The first-order chi connectivity index (χ1) is 5.34. The Hall–Kier alpha value is -0.120. The van der Waals surface area contributed by atoms with Crippen LogP contribution in [0.1, 0.15) is 34.1 Å². The van der Waals surface area contributed by atoms with Crippen molar-refractivity contribution in [2.75, 3.05) is 6.54 Å². The second-order valence-corrected chi connectivity index (χ2v) is 3.97. The van der Waals surface area contributed by atoms with Gasteiger partial charge in [-0.1, -0.05) is 0 Å². The molecule has 0 radical (unpaired) electrons. The fourth-order valence-electron chi connectivity index (χ4n) is 0.758. The lowest BCUT2D eigenvalue weighted by Crippen LogP contribution is -2.45. The Morgan fingerprint density at radius 3 is 2.17 bits per heavy atom. The third kappa shape index (κ3) is 5.52. The van der Waals surface area contributed by atoms with Gasteiger partial charge in [0.05, 0.1) is 11.7 Å². The maximum absolute atomic E-state index is 9.53. The first-order valence-electron chi connectivity index (χ1n) is 4.48. The van der Waals surface area contributed by atoms with Crippen LogP contribution in [0, 0.1) is 0 Å². The number of hydrogen-bond acceptors (Lipinski definition) is 3. The molecule has 0 saturated heterocycles. The van der Waals surface area contributed by atoms with Gasteiger partial charge in [0.1, 0.15) is 0 Å². The predicted molar refractivity (Wildman–Crippen MR) is 50.1 cm³/mol. The lowest BCUT2D eigenvalue weighted by molar-refractivity contribution is 0.0428. The predicted octanol–water partition coefficient (Wildman–Crippen LogP) is 0.506. The summed E-state index contributed by atoms with van der Waals surface area (Å²) in [5.74, 6) is 0. The van der Waals surface area contributed by atoms with Crippen LogP contribution in [0.3, 0.4) is 0 Å². The average Bonchev–Trinajstić information content (AvgIpc) is 1.84. The molecular weight excluding hydrogens is 154 g/mol. The molecule has 2 unspecified atom stereocenters. The highest BCUT2D eigenvalue weighted by molar-refractivity contribution is 4.79. The van der Waals surface area contributed by atoms with Gasteiger partial charge in [-0.05, 0) is 40.7 Å². The molecule has 74 valence electrons. The van der Waals surface area contributed by atoms with Gasteiger partial charge in [-0.15, -0.1) is 0 Å². The SMILES string of the molecule is CC(O)CCNC(C)C(C)(C)O. The molecule has 0 amide bonds. The van der Waals surface area contributed by atoms with Gasteiger partial charge in [0, 0.05) is 6.04 Å². The van der Waals surface area contributed by atoms with E-state index >= 15 is 0 Å². The van der Waals surface area contributed by atoms with Crippen molar-refractivity contribution in [3.63, 3.8) is 0 Å². The summed E-state index contributed by atoms with van der Waals surface area (Å²) in [6.45, 7) is 7.97. The van der Waals surface area contributed by atoms with Crippen LogP contribution in [0.4, 0.5) is 0 Å². The molecule has 2 atom stereocenters. The number of nitrogens with one attached hydrogen (secondary N) is 1. The molecular formula is C9H21NO2. The minimum absolute atomic E-state index is 0.0521. The Bertz CT molecular complexity index is 118. The lowest BCUT2D eigenvalue weighted by Gasteiger charge is -2.27. The molecule has 3 heteroatoms. The van der Waals surface area contributed by atoms with E-state index in [1.165, 1.54) is 0 Å². The van der Waals surface area contributed by atoms with Crippen molar-refractivity contribution in [2.24, 2.45) is 0 Å². The van der Waals surface area contributed by atoms with Crippen molar-refractivity contribution in [1.29, 1.82) is 0 Å². The largest absolute Gasteiger partial charge is 0.393 e. The third-order valence-corrected chi connectivity index (χ3v) is 2.07. The van der Waals surface area contributed by atoms with Crippen LogP contribution in [0.25, 0.3) is 0 Å². The Kier molecular flexibility index (Phi) is 4.75. The fourth-order valence-corrected chi connectivity index (χ4v) is 0.758. The maximum Gasteiger partial charge on any atom is 0.0741 e. The van der Waals surface area contributed by atoms with Gasteiger partial charge in [0.15, 0.2) is 0 Å². The van der Waals surface area contributed by atoms with Crippen molar-refractivity contribution >= 4 is 0 Å². The summed E-state index contributed by atoms with van der Waals surface area (Å²) in [5.41, 5.74) is -0.696. The molecule has 0 rings (SSSR count). The van der Waals surface area contributed by atoms with Crippen molar-refractivity contribution in [3.8, 4) is 0 Å². The summed E-state index contributed by atoms with van der Waals surface area (Å²) < 4.78 is 0. The molecule has 0 aliphatic carbocycles. The van der Waals surface area contributed by atoms with Gasteiger partial charge < -0.3 is 15.5 Å². The van der Waals surface area contributed by atoms with E-state index in [0.717, 1.165) is 13.0 Å². The second kappa shape index (κ2) is 4.80. The van der Waals surface area contributed by atoms with Gasteiger partial charge in [0.2, 0.25) is 0 Å². The summed E-state index contributed by atoms with van der Waals surface area (Å²) in [4.78, 5) is 0. The molecule has 0 aliphatic heterocycles. The number of aliphatic hydroxyl groups is 2. The number of rotatable bonds is 5. The first kappa shape index (κ1) is 11.9. The monoisotopic (exact) mass is 175 g/mol. The van der Waals surface area contributed by atoms with E-state index in [-0.39, 0.29) is 12.1 Å². The highest BCUT2D eigenvalue weighted by atomic mass is 16.3. The molecule has 0 aromatic heterocycles. The standard InChI is InChI=1S/C9H21NO2/c1-7(11)5-6-10-8(2)9(3,4)12/h7-8,10-12H,5-6H2,1-4H3. The minimum Gasteiger partial charge on any atom is -0.393 e. The van der Waals surface area contributed by atoms with Crippen molar-refractivity contribution in [3.05, 3.63) is 0 Å². The zero-order valence-electron chi connectivity index (χ0n) is 8.46. The van der Waals surface area contributed by atoms with E-state index in [1.54, 1.807) is 20.8 Å². The summed E-state index contributed by atoms with van der Waals surface area (Å²) in [6.07, 6.45) is 0.451. The topological polar surface area (TPSA) is 52.5 Å². The van der Waals surface area contributed by atoms with Crippen LogP contribution < -0.4 is 5.32 Å². The Labute approximate surface area is 74.8 Å². The molecule has 0 heterocycles. The van der Waals surface area contributed by atoms with Crippen LogP contribution in [0.2, 0.25) is 0 Å². The maximum atomic E-state index is 9.53. The molecule has 3 N–H and O–H groups in total. The van der Waals surface area contributed by atoms with Crippen molar-refractivity contribution in [1.82, 2.24) is 5.32 Å². The van der Waals surface area contributed by atoms with Gasteiger partial charge in [-0.2, -0.15) is 0 Å². The molecule has 3 nitrogen and oxygen atoms in total. The average molecular weight is 175 g/mol. The Morgan fingerprint density at radius 2 is 1.83 bits per heavy atom. The highest BCUT2D eigenvalue weighted by Crippen LogP contribution is 2.07. The fraction of sp³-hybridized carbons (Fsp3) is 1.00. The quantitative estimate of drug-likeness (QED) is 0.570. The second-order valence-electron chi connectivity index (χ2n) is 3.97. The molecule has 0 fully saturated rings. The molecule has 0 bridgehead atoms. The molecule has 0 spiro atoms. The van der Waals surface area contributed by atoms with Crippen molar-refractivity contribution in [2.45, 2.75) is 51.9 Å². The van der Waals surface area contributed by atoms with Gasteiger partial charge >= 0.3 is 0 Å². The normalized spacial score (nSPS) is 17.5. The first-order valence-corrected chi connectivity index (χ1v) is 4.48. The lowest BCUT2D eigenvalue weighted by atomic mass is 10.0. The zero-order valence-corrected chi connectivity index (χ0v) is 8.46. The van der Waals surface area contributed by atoms with Crippen LogP contribution in [0.15, 0.2) is 0 Å². The van der Waals surface area contributed by atoms with Gasteiger partial charge in [-0.3, -0.25) is 0 Å². The van der Waals surface area contributed by atoms with E-state index < -0.39 is 5.60 Å². The molecule has 0 saturated carbocycles. The highest BCUT2D eigenvalue weighted by Gasteiger charge is 2.21. The van der Waals surface area contributed by atoms with Crippen LogP contribution >= 0.6 is 0 Å². The Balaban J connectivity index is 3.51. The number of hydrogen-bond donors (Lipinski definition) is 3. The van der Waals surface area contributed by atoms with Crippen LogP contribution in [-0.2, 0) is 0 Å². The summed E-state index contributed by atoms with van der Waals surface area (Å²) in [6, 6.07) is 0.0521. The van der Waals surface area contributed by atoms with E-state index in [4.69, 9.17) is 5.11 Å². The van der Waals surface area contributed by atoms with Crippen LogP contribution in [0.5, 0.6) is 0 Å². The van der Waals surface area contributed by atoms with Crippen molar-refractivity contribution < 1.29 is 10.2 Å². The summed E-state index contributed by atoms with van der Waals surface area (Å²) in [5, 5.41) is 21.6. The molecule has 12 heavy (non-hydrogen) atoms. The van der Waals surface area contributed by atoms with E-state index in [0.29, 0.717) is 0 Å². The van der Waals surface area contributed by atoms with Gasteiger partial charge in [-0.25, -0.2) is 0 Å². The Morgan fingerprint density at radius 1 is 1.33 bits per heavy atom. The van der Waals surface area contributed by atoms with E-state index in [2.05, 4.69) is 5.32 Å². The third-order valence-electron chi connectivity index (χ3n) is 2.07. The summed E-state index contributed by atoms with van der Waals surface area (Å²) in [7, 11) is 0. The molecule has 0 aromatic rings. The summed E-state index contributed by atoms with van der Waals surface area (Å²) >= 11 is 0. The number of aliphatic hydroxyl groups excluding tert-OH is 1. The van der Waals surface area contributed by atoms with Crippen LogP contribution in [-0.4, -0.2) is 34.5 Å². The molecule has 0 aromatic carbocycles.